The zero-order valence-electron chi connectivity index (χ0n) is 23.8. The van der Waals surface area contributed by atoms with Crippen LogP contribution in [-0.4, -0.2) is 22.8 Å². The number of benzene rings is 1. The van der Waals surface area contributed by atoms with Crippen molar-refractivity contribution in [2.45, 2.75) is 98.8 Å². The predicted molar refractivity (Wildman–Crippen MR) is 149 cm³/mol. The predicted octanol–water partition coefficient (Wildman–Crippen LogP) is 8.23. The monoisotopic (exact) mass is 504 g/mol. The van der Waals surface area contributed by atoms with E-state index in [1.807, 2.05) is 12.1 Å². The van der Waals surface area contributed by atoms with Crippen molar-refractivity contribution in [2.75, 3.05) is 6.61 Å². The van der Waals surface area contributed by atoms with Gasteiger partial charge in [-0.2, -0.15) is 0 Å². The lowest BCUT2D eigenvalue weighted by atomic mass is 9.33. The zero-order chi connectivity index (χ0) is 26.4. The van der Waals surface area contributed by atoms with Crippen molar-refractivity contribution < 1.29 is 15.0 Å². The van der Waals surface area contributed by atoms with Gasteiger partial charge in [-0.15, -0.1) is 0 Å². The first-order chi connectivity index (χ1) is 17.4. The van der Waals surface area contributed by atoms with E-state index in [1.165, 1.54) is 68.9 Å². The number of carboxylic acid groups (broad SMARTS) is 1. The van der Waals surface area contributed by atoms with Crippen LogP contribution in [-0.2, 0) is 0 Å². The molecule has 0 saturated heterocycles. The number of aromatic carboxylic acids is 1. The molecule has 37 heavy (non-hydrogen) atoms. The first kappa shape index (κ1) is 25.7. The molecule has 3 nitrogen and oxygen atoms in total. The van der Waals surface area contributed by atoms with Crippen LogP contribution in [0.3, 0.4) is 0 Å². The lowest BCUT2D eigenvalue weighted by molar-refractivity contribution is -0.225. The van der Waals surface area contributed by atoms with Crippen molar-refractivity contribution in [3.05, 3.63) is 41.5 Å². The average molecular weight is 505 g/mol. The lowest BCUT2D eigenvalue weighted by Crippen LogP contribution is -2.65. The molecule has 6 unspecified atom stereocenters. The number of hydrogen-bond acceptors (Lipinski definition) is 2. The lowest BCUT2D eigenvalue weighted by Gasteiger charge is -2.72. The molecule has 3 heteroatoms. The number of aliphatic hydroxyl groups is 1. The van der Waals surface area contributed by atoms with Crippen LogP contribution in [0.4, 0.5) is 0 Å². The van der Waals surface area contributed by atoms with E-state index in [1.54, 1.807) is 12.1 Å². The third-order valence-electron chi connectivity index (χ3n) is 13.9. The molecular weight excluding hydrogens is 456 g/mol. The smallest absolute Gasteiger partial charge is 0.335 e. The fourth-order valence-corrected chi connectivity index (χ4v) is 11.9. The number of allylic oxidation sites excluding steroid dienone is 2. The maximum Gasteiger partial charge on any atom is 0.335 e. The van der Waals surface area contributed by atoms with Crippen LogP contribution in [0.1, 0.15) is 115 Å². The summed E-state index contributed by atoms with van der Waals surface area (Å²) in [5, 5.41) is 19.9. The molecule has 5 aliphatic rings. The molecule has 202 valence electrons. The van der Waals surface area contributed by atoms with E-state index in [0.717, 1.165) is 24.2 Å². The van der Waals surface area contributed by atoms with Crippen molar-refractivity contribution in [3.63, 3.8) is 0 Å². The van der Waals surface area contributed by atoms with Crippen molar-refractivity contribution >= 4 is 11.5 Å². The van der Waals surface area contributed by atoms with Crippen LogP contribution in [0.2, 0.25) is 0 Å². The topological polar surface area (TPSA) is 57.5 Å². The first-order valence-corrected chi connectivity index (χ1v) is 15.1. The minimum Gasteiger partial charge on any atom is -0.478 e. The fourth-order valence-electron chi connectivity index (χ4n) is 11.9. The Morgan fingerprint density at radius 3 is 2.24 bits per heavy atom. The third-order valence-corrected chi connectivity index (χ3v) is 13.9. The van der Waals surface area contributed by atoms with Crippen LogP contribution in [0.15, 0.2) is 30.3 Å². The quantitative estimate of drug-likeness (QED) is 0.436. The van der Waals surface area contributed by atoms with Crippen molar-refractivity contribution in [3.8, 4) is 0 Å². The molecule has 0 spiro atoms. The second-order valence-electron chi connectivity index (χ2n) is 15.1. The summed E-state index contributed by atoms with van der Waals surface area (Å²) in [5.74, 6) is 2.00. The molecule has 4 saturated carbocycles. The molecule has 1 aromatic carbocycles. The molecule has 6 rings (SSSR count). The van der Waals surface area contributed by atoms with Crippen LogP contribution in [0, 0.1) is 50.7 Å². The zero-order valence-corrected chi connectivity index (χ0v) is 23.8. The number of carbonyl (C=O) groups is 1. The van der Waals surface area contributed by atoms with Gasteiger partial charge in [0.05, 0.1) is 5.56 Å². The van der Waals surface area contributed by atoms with Crippen LogP contribution in [0.25, 0.3) is 5.57 Å². The summed E-state index contributed by atoms with van der Waals surface area (Å²) in [6.07, 6.45) is 15.4. The van der Waals surface area contributed by atoms with Crippen LogP contribution < -0.4 is 0 Å². The summed E-state index contributed by atoms with van der Waals surface area (Å²) in [5.41, 5.74) is 4.25. The largest absolute Gasteiger partial charge is 0.478 e. The van der Waals surface area contributed by atoms with Gasteiger partial charge in [0.2, 0.25) is 0 Å². The maximum absolute atomic E-state index is 11.4. The molecule has 8 atom stereocenters. The molecule has 5 aliphatic carbocycles. The molecule has 1 aromatic rings. The Balaban J connectivity index is 1.35. The van der Waals surface area contributed by atoms with Crippen LogP contribution >= 0.6 is 0 Å². The van der Waals surface area contributed by atoms with Crippen LogP contribution in [0.5, 0.6) is 0 Å². The van der Waals surface area contributed by atoms with Gasteiger partial charge in [-0.25, -0.2) is 4.79 Å². The Hall–Kier alpha value is -1.61. The SMILES string of the molecule is CC1(C)C(c2ccc(C(=O)O)cc2)=CCC2(C)C1CCC1(C)C2CCC2[C@H]3CCCC3(CO)CC[C@]21C. The summed E-state index contributed by atoms with van der Waals surface area (Å²) in [6, 6.07) is 7.58. The Morgan fingerprint density at radius 1 is 0.838 bits per heavy atom. The number of hydrogen-bond donors (Lipinski definition) is 2. The first-order valence-electron chi connectivity index (χ1n) is 15.1. The number of aliphatic hydroxyl groups excluding tert-OH is 1. The van der Waals surface area contributed by atoms with Gasteiger partial charge >= 0.3 is 5.97 Å². The highest BCUT2D eigenvalue weighted by atomic mass is 16.4. The summed E-state index contributed by atoms with van der Waals surface area (Å²) >= 11 is 0. The summed E-state index contributed by atoms with van der Waals surface area (Å²) in [4.78, 5) is 11.4. The van der Waals surface area contributed by atoms with E-state index in [-0.39, 0.29) is 16.2 Å². The van der Waals surface area contributed by atoms with Gasteiger partial charge < -0.3 is 10.2 Å². The maximum atomic E-state index is 11.4. The van der Waals surface area contributed by atoms with Crippen molar-refractivity contribution in [1.82, 2.24) is 0 Å². The van der Waals surface area contributed by atoms with E-state index in [0.29, 0.717) is 28.9 Å². The molecule has 0 aliphatic heterocycles. The average Bonchev–Trinajstić information content (AvgIpc) is 3.29. The second kappa shape index (κ2) is 8.20. The molecule has 0 heterocycles. The molecular formula is C34H48O3. The van der Waals surface area contributed by atoms with E-state index in [2.05, 4.69) is 40.7 Å². The van der Waals surface area contributed by atoms with E-state index in [9.17, 15) is 15.0 Å². The minimum absolute atomic E-state index is 0.0564. The fraction of sp³-hybridized carbons (Fsp3) is 0.735. The van der Waals surface area contributed by atoms with Gasteiger partial charge in [-0.05, 0) is 132 Å². The van der Waals surface area contributed by atoms with E-state index in [4.69, 9.17) is 0 Å². The molecule has 2 N–H and O–H groups in total. The number of carboxylic acids is 1. The Kier molecular flexibility index (Phi) is 5.68. The van der Waals surface area contributed by atoms with Gasteiger partial charge in [0, 0.05) is 6.61 Å². The summed E-state index contributed by atoms with van der Waals surface area (Å²) < 4.78 is 0. The Bertz CT molecular complexity index is 1120. The normalized spacial score (nSPS) is 46.2. The summed E-state index contributed by atoms with van der Waals surface area (Å²) in [7, 11) is 0. The molecule has 0 radical (unpaired) electrons. The number of fused-ring (bicyclic) bond motifs is 7. The van der Waals surface area contributed by atoms with Gasteiger partial charge in [0.15, 0.2) is 0 Å². The van der Waals surface area contributed by atoms with Gasteiger partial charge in [0.1, 0.15) is 0 Å². The molecule has 0 amide bonds. The molecule has 0 bridgehead atoms. The third kappa shape index (κ3) is 3.25. The van der Waals surface area contributed by atoms with Gasteiger partial charge in [-0.1, -0.05) is 59.2 Å². The Labute approximate surface area is 224 Å². The standard InChI is InChI=1S/C34H48O3/c1-30(2)24(22-8-10-23(11-9-22)29(36)37)14-17-31(3)27(30)15-18-33(5)28(31)13-12-25-26-7-6-16-34(26,21-35)20-19-32(25,33)4/h8-11,14,25-28,35H,6-7,12-13,15-21H2,1-5H3,(H,36,37)/t25?,26-,27?,28?,31?,32-,33?,34?/m1/s1. The molecule has 0 aromatic heterocycles. The van der Waals surface area contributed by atoms with Crippen molar-refractivity contribution in [1.29, 1.82) is 0 Å². The summed E-state index contributed by atoms with van der Waals surface area (Å²) in [6.45, 7) is 13.3. The highest BCUT2D eigenvalue weighted by Crippen LogP contribution is 2.77. The second-order valence-corrected chi connectivity index (χ2v) is 15.1. The number of rotatable bonds is 3. The molecule has 4 fully saturated rings. The highest BCUT2D eigenvalue weighted by molar-refractivity contribution is 5.88. The van der Waals surface area contributed by atoms with E-state index < -0.39 is 5.97 Å². The highest BCUT2D eigenvalue weighted by Gasteiger charge is 2.69. The Morgan fingerprint density at radius 2 is 1.57 bits per heavy atom. The van der Waals surface area contributed by atoms with Gasteiger partial charge in [-0.3, -0.25) is 0 Å². The van der Waals surface area contributed by atoms with Crippen molar-refractivity contribution in [2.24, 2.45) is 50.7 Å². The minimum atomic E-state index is -0.858. The van der Waals surface area contributed by atoms with Gasteiger partial charge in [0.25, 0.3) is 0 Å². The van der Waals surface area contributed by atoms with E-state index >= 15 is 0 Å².